The molecule has 0 aromatic heterocycles. The summed E-state index contributed by atoms with van der Waals surface area (Å²) in [6.45, 7) is 7.12. The van der Waals surface area contributed by atoms with Crippen molar-refractivity contribution in [1.29, 1.82) is 0 Å². The fraction of sp³-hybridized carbons (Fsp3) is 0.286. The van der Waals surface area contributed by atoms with Crippen LogP contribution in [0.5, 0.6) is 0 Å². The van der Waals surface area contributed by atoms with Crippen LogP contribution in [-0.2, 0) is 4.79 Å². The molecule has 0 heterocycles. The van der Waals surface area contributed by atoms with Crippen molar-refractivity contribution in [2.75, 3.05) is 0 Å². The highest BCUT2D eigenvalue weighted by molar-refractivity contribution is 5.78. The summed E-state index contributed by atoms with van der Waals surface area (Å²) in [5, 5.41) is 0. The first-order valence-electron chi connectivity index (χ1n) is 2.67. The highest BCUT2D eigenvalue weighted by Crippen LogP contribution is 2.02. The van der Waals surface area contributed by atoms with E-state index in [4.69, 9.17) is 5.73 Å². The second-order valence-electron chi connectivity index (χ2n) is 2.06. The summed E-state index contributed by atoms with van der Waals surface area (Å²) in [5.41, 5.74) is 7.19. The molecule has 0 fully saturated rings. The van der Waals surface area contributed by atoms with Crippen molar-refractivity contribution >= 4 is 6.29 Å². The van der Waals surface area contributed by atoms with E-state index in [1.165, 1.54) is 0 Å². The lowest BCUT2D eigenvalue weighted by atomic mass is 10.1. The maximum Gasteiger partial charge on any atom is 0.151 e. The Morgan fingerprint density at radius 1 is 1.56 bits per heavy atom. The number of hydrogen-bond donors (Lipinski definition) is 1. The van der Waals surface area contributed by atoms with Crippen molar-refractivity contribution in [3.63, 3.8) is 0 Å². The molecule has 0 radical (unpaired) electrons. The topological polar surface area (TPSA) is 43.1 Å². The Morgan fingerprint density at radius 2 is 2.00 bits per heavy atom. The molecule has 0 saturated carbocycles. The van der Waals surface area contributed by atoms with Crippen molar-refractivity contribution < 1.29 is 4.79 Å². The molecule has 0 unspecified atom stereocenters. The van der Waals surface area contributed by atoms with Crippen LogP contribution >= 0.6 is 0 Å². The summed E-state index contributed by atoms with van der Waals surface area (Å²) in [6.07, 6.45) is 0.655. The summed E-state index contributed by atoms with van der Waals surface area (Å²) in [4.78, 5) is 10.0. The molecule has 2 N–H and O–H groups in total. The molecule has 0 aliphatic carbocycles. The highest BCUT2D eigenvalue weighted by atomic mass is 16.1. The van der Waals surface area contributed by atoms with Gasteiger partial charge in [-0.05, 0) is 13.8 Å². The lowest BCUT2D eigenvalue weighted by Gasteiger charge is -1.98. The number of carbonyl (C=O) groups excluding carboxylic acids is 1. The van der Waals surface area contributed by atoms with E-state index in [1.54, 1.807) is 0 Å². The predicted octanol–water partition coefficient (Wildman–Crippen LogP) is 0.994. The molecule has 0 spiro atoms. The Labute approximate surface area is 55.1 Å². The Hall–Kier alpha value is -1.05. The molecule has 0 amide bonds. The lowest BCUT2D eigenvalue weighted by Crippen LogP contribution is -2.02. The van der Waals surface area contributed by atoms with E-state index in [0.717, 1.165) is 5.57 Å². The predicted molar refractivity (Wildman–Crippen MR) is 37.8 cm³/mol. The highest BCUT2D eigenvalue weighted by Gasteiger charge is 1.95. The Balaban J connectivity index is 4.39. The first-order chi connectivity index (χ1) is 4.09. The van der Waals surface area contributed by atoms with Crippen LogP contribution in [0.2, 0.25) is 0 Å². The van der Waals surface area contributed by atoms with Gasteiger partial charge in [-0.15, -0.1) is 0 Å². The average molecular weight is 125 g/mol. The number of carbonyl (C=O) groups is 1. The minimum Gasteiger partial charge on any atom is -0.398 e. The van der Waals surface area contributed by atoms with Crippen LogP contribution in [0, 0.1) is 0 Å². The quantitative estimate of drug-likeness (QED) is 0.340. The largest absolute Gasteiger partial charge is 0.398 e. The Morgan fingerprint density at radius 3 is 2.11 bits per heavy atom. The summed E-state index contributed by atoms with van der Waals surface area (Å²) in [5.74, 6) is 0. The van der Waals surface area contributed by atoms with Gasteiger partial charge in [0.15, 0.2) is 6.29 Å². The van der Waals surface area contributed by atoms with Gasteiger partial charge in [0.05, 0.1) is 0 Å². The molecule has 0 rings (SSSR count). The number of aldehydes is 1. The smallest absolute Gasteiger partial charge is 0.151 e. The zero-order chi connectivity index (χ0) is 7.44. The normalized spacial score (nSPS) is 8.22. The van der Waals surface area contributed by atoms with E-state index < -0.39 is 0 Å². The second-order valence-corrected chi connectivity index (χ2v) is 2.06. The molecule has 2 heteroatoms. The first kappa shape index (κ1) is 7.95. The van der Waals surface area contributed by atoms with Gasteiger partial charge in [0.1, 0.15) is 0 Å². The van der Waals surface area contributed by atoms with Crippen LogP contribution in [0.25, 0.3) is 0 Å². The summed E-state index contributed by atoms with van der Waals surface area (Å²) < 4.78 is 0. The molecule has 0 aromatic rings. The Kier molecular flexibility index (Phi) is 2.71. The van der Waals surface area contributed by atoms with E-state index in [1.807, 2.05) is 13.8 Å². The summed E-state index contributed by atoms with van der Waals surface area (Å²) in [6, 6.07) is 0. The molecular formula is C7H11NO. The van der Waals surface area contributed by atoms with Crippen LogP contribution in [0.4, 0.5) is 0 Å². The van der Waals surface area contributed by atoms with Crippen molar-refractivity contribution in [3.05, 3.63) is 23.4 Å². The zero-order valence-electron chi connectivity index (χ0n) is 5.77. The molecule has 0 saturated heterocycles. The van der Waals surface area contributed by atoms with Crippen LogP contribution < -0.4 is 5.73 Å². The fourth-order valence-corrected chi connectivity index (χ4v) is 0.385. The van der Waals surface area contributed by atoms with E-state index in [-0.39, 0.29) is 0 Å². The molecule has 0 aromatic carbocycles. The molecule has 0 aliphatic rings. The second kappa shape index (κ2) is 3.07. The van der Waals surface area contributed by atoms with Crippen molar-refractivity contribution in [1.82, 2.24) is 0 Å². The van der Waals surface area contributed by atoms with Gasteiger partial charge in [0.25, 0.3) is 0 Å². The standard InChI is InChI=1S/C7H11NO/c1-5(2)7(8)6(3)4-9/h4H,3,8H2,1-2H3. The maximum atomic E-state index is 10.0. The molecule has 0 aliphatic heterocycles. The van der Waals surface area contributed by atoms with Gasteiger partial charge in [0, 0.05) is 11.3 Å². The number of rotatable bonds is 2. The van der Waals surface area contributed by atoms with E-state index in [9.17, 15) is 4.79 Å². The first-order valence-corrected chi connectivity index (χ1v) is 2.67. The molecular weight excluding hydrogens is 114 g/mol. The molecule has 9 heavy (non-hydrogen) atoms. The summed E-state index contributed by atoms with van der Waals surface area (Å²) in [7, 11) is 0. The molecule has 2 nitrogen and oxygen atoms in total. The van der Waals surface area contributed by atoms with Crippen LogP contribution in [0.1, 0.15) is 13.8 Å². The van der Waals surface area contributed by atoms with Crippen molar-refractivity contribution in [3.8, 4) is 0 Å². The molecule has 50 valence electrons. The number of hydrogen-bond acceptors (Lipinski definition) is 2. The SMILES string of the molecule is C=C(C=O)C(N)=C(C)C. The van der Waals surface area contributed by atoms with Crippen LogP contribution in [0.15, 0.2) is 23.4 Å². The van der Waals surface area contributed by atoms with Gasteiger partial charge in [-0.3, -0.25) is 4.79 Å². The van der Waals surface area contributed by atoms with Gasteiger partial charge in [-0.1, -0.05) is 12.2 Å². The fourth-order valence-electron chi connectivity index (χ4n) is 0.385. The Bertz CT molecular complexity index is 164. The average Bonchev–Trinajstić information content (AvgIpc) is 1.84. The lowest BCUT2D eigenvalue weighted by molar-refractivity contribution is -0.104. The van der Waals surface area contributed by atoms with Gasteiger partial charge >= 0.3 is 0 Å². The number of nitrogens with two attached hydrogens (primary N) is 1. The molecule has 0 atom stereocenters. The third-order valence-electron chi connectivity index (χ3n) is 1.03. The third kappa shape index (κ3) is 2.13. The van der Waals surface area contributed by atoms with Crippen LogP contribution in [0.3, 0.4) is 0 Å². The monoisotopic (exact) mass is 125 g/mol. The number of allylic oxidation sites excluding steroid dienone is 2. The maximum absolute atomic E-state index is 10.0. The zero-order valence-corrected chi connectivity index (χ0v) is 5.77. The van der Waals surface area contributed by atoms with Crippen LogP contribution in [-0.4, -0.2) is 6.29 Å². The van der Waals surface area contributed by atoms with Gasteiger partial charge in [0.2, 0.25) is 0 Å². The van der Waals surface area contributed by atoms with Gasteiger partial charge in [-0.25, -0.2) is 0 Å². The van der Waals surface area contributed by atoms with Gasteiger partial charge in [-0.2, -0.15) is 0 Å². The van der Waals surface area contributed by atoms with E-state index >= 15 is 0 Å². The van der Waals surface area contributed by atoms with E-state index in [0.29, 0.717) is 17.6 Å². The van der Waals surface area contributed by atoms with Gasteiger partial charge < -0.3 is 5.73 Å². The van der Waals surface area contributed by atoms with E-state index in [2.05, 4.69) is 6.58 Å². The van der Waals surface area contributed by atoms with Crippen molar-refractivity contribution in [2.24, 2.45) is 5.73 Å². The minimum atomic E-state index is 0.356. The molecule has 0 bridgehead atoms. The minimum absolute atomic E-state index is 0.356. The third-order valence-corrected chi connectivity index (χ3v) is 1.03. The summed E-state index contributed by atoms with van der Waals surface area (Å²) >= 11 is 0. The van der Waals surface area contributed by atoms with Crippen molar-refractivity contribution in [2.45, 2.75) is 13.8 Å².